The summed E-state index contributed by atoms with van der Waals surface area (Å²) in [5.41, 5.74) is 1.35. The molecule has 1 heterocycles. The van der Waals surface area contributed by atoms with Crippen molar-refractivity contribution >= 4 is 22.9 Å². The average Bonchev–Trinajstić information content (AvgIpc) is 2.96. The van der Waals surface area contributed by atoms with E-state index in [-0.39, 0.29) is 18.3 Å². The Morgan fingerprint density at radius 2 is 2.27 bits per heavy atom. The van der Waals surface area contributed by atoms with E-state index < -0.39 is 0 Å². The minimum atomic E-state index is -0.359. The fourth-order valence-corrected chi connectivity index (χ4v) is 2.86. The van der Waals surface area contributed by atoms with Gasteiger partial charge < -0.3 is 5.32 Å². The van der Waals surface area contributed by atoms with Gasteiger partial charge in [0.05, 0.1) is 6.54 Å². The lowest BCUT2D eigenvalue weighted by Gasteiger charge is -2.19. The number of halogens is 1. The lowest BCUT2D eigenvalue weighted by Crippen LogP contribution is -2.33. The third-order valence-electron chi connectivity index (χ3n) is 3.19. The molecule has 1 aromatic carbocycles. The molecule has 0 atom stereocenters. The fourth-order valence-electron chi connectivity index (χ4n) is 2.11. The topological polar surface area (TPSA) is 32.3 Å². The van der Waals surface area contributed by atoms with E-state index in [0.717, 1.165) is 5.56 Å². The number of amides is 1. The predicted molar refractivity (Wildman–Crippen MR) is 89.6 cm³/mol. The highest BCUT2D eigenvalue weighted by Gasteiger charge is 2.12. The highest BCUT2D eigenvalue weighted by molar-refractivity contribution is 7.09. The molecule has 0 aliphatic rings. The number of rotatable bonds is 7. The molecule has 5 heteroatoms. The third kappa shape index (κ3) is 4.79. The minimum absolute atomic E-state index is 0.160. The van der Waals surface area contributed by atoms with Crippen molar-refractivity contribution in [1.29, 1.82) is 0 Å². The van der Waals surface area contributed by atoms with Crippen LogP contribution >= 0.6 is 11.3 Å². The largest absolute Gasteiger partial charge is 0.325 e. The van der Waals surface area contributed by atoms with E-state index in [1.54, 1.807) is 23.5 Å². The van der Waals surface area contributed by atoms with Crippen molar-refractivity contribution in [3.05, 3.63) is 64.6 Å². The monoisotopic (exact) mass is 318 g/mol. The van der Waals surface area contributed by atoms with E-state index >= 15 is 0 Å². The molecule has 0 bridgehead atoms. The Kier molecular flexibility index (Phi) is 5.86. The van der Waals surface area contributed by atoms with Crippen molar-refractivity contribution in [1.82, 2.24) is 4.90 Å². The second-order valence-corrected chi connectivity index (χ2v) is 6.08. The van der Waals surface area contributed by atoms with Crippen molar-refractivity contribution in [2.75, 3.05) is 18.4 Å². The number of carbonyl (C=O) groups excluding carboxylic acids is 1. The Labute approximate surface area is 134 Å². The van der Waals surface area contributed by atoms with Crippen LogP contribution in [0.4, 0.5) is 10.1 Å². The van der Waals surface area contributed by atoms with E-state index in [9.17, 15) is 9.18 Å². The van der Waals surface area contributed by atoms with Crippen molar-refractivity contribution in [3.63, 3.8) is 0 Å². The molecule has 0 aliphatic heterocycles. The first kappa shape index (κ1) is 16.4. The molecule has 0 radical (unpaired) electrons. The van der Waals surface area contributed by atoms with Crippen LogP contribution < -0.4 is 5.32 Å². The van der Waals surface area contributed by atoms with E-state index in [2.05, 4.69) is 11.9 Å². The van der Waals surface area contributed by atoms with Crippen LogP contribution in [0.25, 0.3) is 0 Å². The molecule has 1 aromatic heterocycles. The first-order chi connectivity index (χ1) is 10.6. The number of nitrogens with zero attached hydrogens (tertiary/aromatic N) is 1. The molecule has 2 rings (SSSR count). The second-order valence-electron chi connectivity index (χ2n) is 5.05. The number of thiophene rings is 1. The van der Waals surface area contributed by atoms with Crippen molar-refractivity contribution < 1.29 is 9.18 Å². The van der Waals surface area contributed by atoms with Gasteiger partial charge in [-0.25, -0.2) is 4.39 Å². The van der Waals surface area contributed by atoms with Gasteiger partial charge in [-0.3, -0.25) is 9.69 Å². The summed E-state index contributed by atoms with van der Waals surface area (Å²) in [4.78, 5) is 15.4. The molecule has 0 aliphatic carbocycles. The molecule has 0 spiro atoms. The number of anilines is 1. The zero-order valence-corrected chi connectivity index (χ0v) is 13.3. The molecule has 0 unspecified atom stereocenters. The number of aryl methyl sites for hydroxylation is 1. The van der Waals surface area contributed by atoms with Crippen LogP contribution in [0.15, 0.2) is 48.4 Å². The van der Waals surface area contributed by atoms with Crippen molar-refractivity contribution in [2.24, 2.45) is 0 Å². The van der Waals surface area contributed by atoms with Crippen LogP contribution in [0.2, 0.25) is 0 Å². The summed E-state index contributed by atoms with van der Waals surface area (Å²) in [6.07, 6.45) is 1.77. The molecule has 0 fully saturated rings. The Hall–Kier alpha value is -1.98. The standard InChI is InChI=1S/C17H19FN2OS/c1-3-8-20(11-15-5-4-9-22-15)12-17(21)19-16-10-14(18)7-6-13(16)2/h3-7,9-10H,1,8,11-12H2,2H3,(H,19,21). The van der Waals surface area contributed by atoms with Crippen molar-refractivity contribution in [2.45, 2.75) is 13.5 Å². The van der Waals surface area contributed by atoms with E-state index in [1.807, 2.05) is 29.3 Å². The van der Waals surface area contributed by atoms with Crippen LogP contribution in [0.3, 0.4) is 0 Å². The van der Waals surface area contributed by atoms with Crippen LogP contribution in [0, 0.1) is 12.7 Å². The summed E-state index contributed by atoms with van der Waals surface area (Å²) in [5, 5.41) is 4.78. The van der Waals surface area contributed by atoms with Crippen LogP contribution in [-0.4, -0.2) is 23.9 Å². The van der Waals surface area contributed by atoms with Crippen molar-refractivity contribution in [3.8, 4) is 0 Å². The maximum Gasteiger partial charge on any atom is 0.238 e. The van der Waals surface area contributed by atoms with Gasteiger partial charge in [0, 0.05) is 23.7 Å². The SMILES string of the molecule is C=CCN(CC(=O)Nc1cc(F)ccc1C)Cc1cccs1. The summed E-state index contributed by atoms with van der Waals surface area (Å²) >= 11 is 1.66. The van der Waals surface area contributed by atoms with Crippen LogP contribution in [0.1, 0.15) is 10.4 Å². The minimum Gasteiger partial charge on any atom is -0.325 e. The normalized spacial score (nSPS) is 10.7. The zero-order chi connectivity index (χ0) is 15.9. The van der Waals surface area contributed by atoms with Gasteiger partial charge in [-0.15, -0.1) is 17.9 Å². The number of benzene rings is 1. The van der Waals surface area contributed by atoms with Gasteiger partial charge in [0.15, 0.2) is 0 Å². The number of hydrogen-bond donors (Lipinski definition) is 1. The molecule has 0 saturated heterocycles. The van der Waals surface area contributed by atoms with E-state index in [0.29, 0.717) is 18.8 Å². The van der Waals surface area contributed by atoms with Gasteiger partial charge >= 0.3 is 0 Å². The first-order valence-electron chi connectivity index (χ1n) is 7.00. The maximum absolute atomic E-state index is 13.3. The smallest absolute Gasteiger partial charge is 0.238 e. The Morgan fingerprint density at radius 3 is 2.95 bits per heavy atom. The van der Waals surface area contributed by atoms with E-state index in [4.69, 9.17) is 0 Å². The van der Waals surface area contributed by atoms with Gasteiger partial charge in [0.1, 0.15) is 5.82 Å². The lowest BCUT2D eigenvalue weighted by atomic mass is 10.2. The summed E-state index contributed by atoms with van der Waals surface area (Å²) in [6.45, 7) is 7.11. The summed E-state index contributed by atoms with van der Waals surface area (Å²) < 4.78 is 13.3. The Balaban J connectivity index is 1.98. The van der Waals surface area contributed by atoms with Crippen LogP contribution in [-0.2, 0) is 11.3 Å². The number of hydrogen-bond acceptors (Lipinski definition) is 3. The van der Waals surface area contributed by atoms with Gasteiger partial charge in [0.25, 0.3) is 0 Å². The summed E-state index contributed by atoms with van der Waals surface area (Å²) in [6, 6.07) is 8.39. The number of nitrogens with one attached hydrogen (secondary N) is 1. The molecular weight excluding hydrogens is 299 g/mol. The van der Waals surface area contributed by atoms with Gasteiger partial charge in [-0.1, -0.05) is 18.2 Å². The molecule has 3 nitrogen and oxygen atoms in total. The fraction of sp³-hybridized carbons (Fsp3) is 0.235. The molecule has 2 aromatic rings. The number of carbonyl (C=O) groups is 1. The molecule has 1 N–H and O–H groups in total. The molecule has 1 amide bonds. The molecule has 116 valence electrons. The predicted octanol–water partition coefficient (Wildman–Crippen LogP) is 3.82. The highest BCUT2D eigenvalue weighted by Crippen LogP contribution is 2.16. The lowest BCUT2D eigenvalue weighted by molar-refractivity contribution is -0.117. The Morgan fingerprint density at radius 1 is 1.45 bits per heavy atom. The van der Waals surface area contributed by atoms with Gasteiger partial charge in [0.2, 0.25) is 5.91 Å². The van der Waals surface area contributed by atoms with E-state index in [1.165, 1.54) is 17.0 Å². The highest BCUT2D eigenvalue weighted by atomic mass is 32.1. The third-order valence-corrected chi connectivity index (χ3v) is 4.05. The average molecular weight is 318 g/mol. The maximum atomic E-state index is 13.3. The first-order valence-corrected chi connectivity index (χ1v) is 7.88. The molecule has 22 heavy (non-hydrogen) atoms. The Bertz CT molecular complexity index is 640. The quantitative estimate of drug-likeness (QED) is 0.787. The zero-order valence-electron chi connectivity index (χ0n) is 12.5. The van der Waals surface area contributed by atoms with Crippen LogP contribution in [0.5, 0.6) is 0 Å². The summed E-state index contributed by atoms with van der Waals surface area (Å²) in [7, 11) is 0. The second kappa shape index (κ2) is 7.87. The van der Waals surface area contributed by atoms with Gasteiger partial charge in [-0.05, 0) is 36.1 Å². The van der Waals surface area contributed by atoms with Gasteiger partial charge in [-0.2, -0.15) is 0 Å². The molecular formula is C17H19FN2OS. The summed E-state index contributed by atoms with van der Waals surface area (Å²) in [5.74, 6) is -0.519. The molecule has 0 saturated carbocycles.